The van der Waals surface area contributed by atoms with Crippen molar-refractivity contribution >= 4 is 11.0 Å². The van der Waals surface area contributed by atoms with Gasteiger partial charge in [0.1, 0.15) is 23.7 Å². The summed E-state index contributed by atoms with van der Waals surface area (Å²) in [6.45, 7) is 1.91. The van der Waals surface area contributed by atoms with Crippen molar-refractivity contribution in [3.05, 3.63) is 65.4 Å². The SMILES string of the molecule is Cc1ccc2oc(COc3ccccc3C(F)(F)F)cc2c1. The fraction of sp³-hybridized carbons (Fsp3) is 0.176. The van der Waals surface area contributed by atoms with Crippen molar-refractivity contribution < 1.29 is 22.3 Å². The van der Waals surface area contributed by atoms with Crippen LogP contribution in [-0.2, 0) is 12.8 Å². The Balaban J connectivity index is 1.82. The highest BCUT2D eigenvalue weighted by atomic mass is 19.4. The van der Waals surface area contributed by atoms with Crippen LogP contribution in [-0.4, -0.2) is 0 Å². The fourth-order valence-corrected chi connectivity index (χ4v) is 2.26. The third-order valence-corrected chi connectivity index (χ3v) is 3.29. The van der Waals surface area contributed by atoms with Crippen LogP contribution in [0.1, 0.15) is 16.9 Å². The average Bonchev–Trinajstić information content (AvgIpc) is 2.86. The molecule has 0 atom stereocenters. The predicted molar refractivity (Wildman–Crippen MR) is 76.7 cm³/mol. The molecular formula is C17H13F3O2. The zero-order chi connectivity index (χ0) is 15.7. The number of ether oxygens (including phenoxy) is 1. The van der Waals surface area contributed by atoms with Crippen LogP contribution in [0.2, 0.25) is 0 Å². The molecule has 0 saturated heterocycles. The van der Waals surface area contributed by atoms with Crippen LogP contribution in [0.3, 0.4) is 0 Å². The zero-order valence-electron chi connectivity index (χ0n) is 11.8. The molecule has 0 aliphatic heterocycles. The molecule has 1 heterocycles. The molecule has 0 unspecified atom stereocenters. The van der Waals surface area contributed by atoms with Crippen molar-refractivity contribution in [1.82, 2.24) is 0 Å². The molecule has 0 fully saturated rings. The lowest BCUT2D eigenvalue weighted by Crippen LogP contribution is -2.08. The largest absolute Gasteiger partial charge is 0.485 e. The van der Waals surface area contributed by atoms with E-state index in [9.17, 15) is 13.2 Å². The number of benzene rings is 2. The number of fused-ring (bicyclic) bond motifs is 1. The maximum Gasteiger partial charge on any atom is 0.419 e. The smallest absolute Gasteiger partial charge is 0.419 e. The normalized spacial score (nSPS) is 11.8. The molecule has 0 amide bonds. The van der Waals surface area contributed by atoms with Gasteiger partial charge in [0, 0.05) is 5.39 Å². The summed E-state index contributed by atoms with van der Waals surface area (Å²) in [5, 5.41) is 0.905. The maximum absolute atomic E-state index is 12.9. The summed E-state index contributed by atoms with van der Waals surface area (Å²) in [5.41, 5.74) is 0.985. The van der Waals surface area contributed by atoms with Crippen LogP contribution in [0, 0.1) is 6.92 Å². The molecule has 0 bridgehead atoms. The van der Waals surface area contributed by atoms with Crippen molar-refractivity contribution in [2.75, 3.05) is 0 Å². The van der Waals surface area contributed by atoms with Crippen molar-refractivity contribution in [2.24, 2.45) is 0 Å². The summed E-state index contributed by atoms with van der Waals surface area (Å²) in [6.07, 6.45) is -4.44. The predicted octanol–water partition coefficient (Wildman–Crippen LogP) is 5.34. The van der Waals surface area contributed by atoms with Gasteiger partial charge in [-0.2, -0.15) is 13.2 Å². The molecule has 5 heteroatoms. The summed E-state index contributed by atoms with van der Waals surface area (Å²) < 4.78 is 49.5. The van der Waals surface area contributed by atoms with Crippen LogP contribution in [0.25, 0.3) is 11.0 Å². The van der Waals surface area contributed by atoms with E-state index in [0.29, 0.717) is 11.3 Å². The number of halogens is 3. The van der Waals surface area contributed by atoms with Gasteiger partial charge in [0.15, 0.2) is 0 Å². The molecule has 0 saturated carbocycles. The van der Waals surface area contributed by atoms with Crippen molar-refractivity contribution in [1.29, 1.82) is 0 Å². The van der Waals surface area contributed by atoms with E-state index in [4.69, 9.17) is 9.15 Å². The molecule has 0 aliphatic rings. The summed E-state index contributed by atoms with van der Waals surface area (Å²) in [4.78, 5) is 0. The van der Waals surface area contributed by atoms with Gasteiger partial charge in [-0.25, -0.2) is 0 Å². The molecule has 22 heavy (non-hydrogen) atoms. The van der Waals surface area contributed by atoms with Crippen LogP contribution < -0.4 is 4.74 Å². The Bertz CT molecular complexity index is 803. The van der Waals surface area contributed by atoms with E-state index in [1.807, 2.05) is 25.1 Å². The van der Waals surface area contributed by atoms with E-state index in [-0.39, 0.29) is 12.4 Å². The highest BCUT2D eigenvalue weighted by Gasteiger charge is 2.34. The number of hydrogen-bond acceptors (Lipinski definition) is 2. The zero-order valence-corrected chi connectivity index (χ0v) is 11.8. The van der Waals surface area contributed by atoms with Crippen LogP contribution in [0.5, 0.6) is 5.75 Å². The van der Waals surface area contributed by atoms with Gasteiger partial charge in [-0.3, -0.25) is 0 Å². The number of rotatable bonds is 3. The first-order valence-electron chi connectivity index (χ1n) is 6.71. The Morgan fingerprint density at radius 3 is 2.59 bits per heavy atom. The van der Waals surface area contributed by atoms with Gasteiger partial charge < -0.3 is 9.15 Å². The van der Waals surface area contributed by atoms with E-state index in [1.54, 1.807) is 6.07 Å². The number of alkyl halides is 3. The molecule has 114 valence electrons. The second-order valence-electron chi connectivity index (χ2n) is 5.04. The standard InChI is InChI=1S/C17H13F3O2/c1-11-6-7-15-12(8-11)9-13(22-15)10-21-16-5-3-2-4-14(16)17(18,19)20/h2-9H,10H2,1H3. The summed E-state index contributed by atoms with van der Waals surface area (Å²) in [5.74, 6) is 0.282. The minimum atomic E-state index is -4.44. The third kappa shape index (κ3) is 2.93. The topological polar surface area (TPSA) is 22.4 Å². The monoisotopic (exact) mass is 306 g/mol. The first-order chi connectivity index (χ1) is 10.4. The van der Waals surface area contributed by atoms with Crippen LogP contribution in [0.4, 0.5) is 13.2 Å². The lowest BCUT2D eigenvalue weighted by Gasteiger charge is -2.12. The van der Waals surface area contributed by atoms with Gasteiger partial charge in [-0.1, -0.05) is 23.8 Å². The highest BCUT2D eigenvalue weighted by Crippen LogP contribution is 2.36. The number of aryl methyl sites for hydroxylation is 1. The Hall–Kier alpha value is -2.43. The molecule has 0 N–H and O–H groups in total. The van der Waals surface area contributed by atoms with Gasteiger partial charge in [-0.15, -0.1) is 0 Å². The summed E-state index contributed by atoms with van der Waals surface area (Å²) in [6, 6.07) is 12.6. The van der Waals surface area contributed by atoms with E-state index in [0.717, 1.165) is 17.0 Å². The van der Waals surface area contributed by atoms with Crippen molar-refractivity contribution in [2.45, 2.75) is 19.7 Å². The Labute approximate surface area is 125 Å². The lowest BCUT2D eigenvalue weighted by atomic mass is 10.2. The highest BCUT2D eigenvalue weighted by molar-refractivity contribution is 5.78. The molecule has 3 rings (SSSR count). The minimum absolute atomic E-state index is 0.0547. The van der Waals surface area contributed by atoms with Gasteiger partial charge in [-0.05, 0) is 37.3 Å². The average molecular weight is 306 g/mol. The van der Waals surface area contributed by atoms with E-state index in [1.165, 1.54) is 18.2 Å². The molecule has 1 aromatic heterocycles. The third-order valence-electron chi connectivity index (χ3n) is 3.29. The quantitative estimate of drug-likeness (QED) is 0.652. The Kier molecular flexibility index (Phi) is 3.56. The first kappa shape index (κ1) is 14.5. The molecule has 0 aliphatic carbocycles. The molecular weight excluding hydrogens is 293 g/mol. The van der Waals surface area contributed by atoms with Crippen molar-refractivity contribution in [3.63, 3.8) is 0 Å². The molecule has 2 nitrogen and oxygen atoms in total. The van der Waals surface area contributed by atoms with Crippen LogP contribution >= 0.6 is 0 Å². The van der Waals surface area contributed by atoms with Crippen molar-refractivity contribution in [3.8, 4) is 5.75 Å². The molecule has 2 aromatic carbocycles. The summed E-state index contributed by atoms with van der Waals surface area (Å²) >= 11 is 0. The minimum Gasteiger partial charge on any atom is -0.485 e. The molecule has 3 aromatic rings. The molecule has 0 radical (unpaired) electrons. The van der Waals surface area contributed by atoms with E-state index >= 15 is 0 Å². The Morgan fingerprint density at radius 1 is 1.05 bits per heavy atom. The van der Waals surface area contributed by atoms with E-state index < -0.39 is 11.7 Å². The summed E-state index contributed by atoms with van der Waals surface area (Å²) in [7, 11) is 0. The van der Waals surface area contributed by atoms with Gasteiger partial charge in [0.05, 0.1) is 5.56 Å². The Morgan fingerprint density at radius 2 is 1.82 bits per heavy atom. The number of furan rings is 1. The lowest BCUT2D eigenvalue weighted by molar-refractivity contribution is -0.139. The number of para-hydroxylation sites is 1. The number of hydrogen-bond donors (Lipinski definition) is 0. The van der Waals surface area contributed by atoms with Gasteiger partial charge >= 0.3 is 6.18 Å². The van der Waals surface area contributed by atoms with Gasteiger partial charge in [0.2, 0.25) is 0 Å². The molecule has 0 spiro atoms. The maximum atomic E-state index is 12.9. The van der Waals surface area contributed by atoms with Crippen LogP contribution in [0.15, 0.2) is 52.9 Å². The first-order valence-corrected chi connectivity index (χ1v) is 6.71. The second-order valence-corrected chi connectivity index (χ2v) is 5.04. The fourth-order valence-electron chi connectivity index (χ4n) is 2.26. The van der Waals surface area contributed by atoms with E-state index in [2.05, 4.69) is 0 Å². The van der Waals surface area contributed by atoms with Gasteiger partial charge in [0.25, 0.3) is 0 Å². The second kappa shape index (κ2) is 5.40.